The second-order valence-electron chi connectivity index (χ2n) is 5.63. The minimum Gasteiger partial charge on any atom is -0.346 e. The van der Waals surface area contributed by atoms with E-state index in [1.165, 1.54) is 63.5 Å². The van der Waals surface area contributed by atoms with Gasteiger partial charge in [-0.25, -0.2) is 0 Å². The van der Waals surface area contributed by atoms with Crippen molar-refractivity contribution in [3.63, 3.8) is 0 Å². The van der Waals surface area contributed by atoms with Crippen molar-refractivity contribution in [1.82, 2.24) is 4.57 Å². The van der Waals surface area contributed by atoms with E-state index in [1.54, 1.807) is 11.3 Å². The first-order valence-corrected chi connectivity index (χ1v) is 7.06. The van der Waals surface area contributed by atoms with E-state index in [4.69, 9.17) is 0 Å². The summed E-state index contributed by atoms with van der Waals surface area (Å²) < 4.78 is 2.70. The first kappa shape index (κ1) is 10.4. The molecule has 2 aliphatic carbocycles. The lowest BCUT2D eigenvalue weighted by Gasteiger charge is -2.28. The van der Waals surface area contributed by atoms with Gasteiger partial charge in [0.25, 0.3) is 0 Å². The standard InChI is InChI=1S/C15H23N/c1-12-11-13-7-5-6-10-15(13)16(12)14-8-3-2-4-9-14/h11,14H,2-10H2,1H3. The van der Waals surface area contributed by atoms with Gasteiger partial charge in [0, 0.05) is 17.4 Å². The van der Waals surface area contributed by atoms with Gasteiger partial charge in [-0.1, -0.05) is 19.3 Å². The number of aromatic nitrogens is 1. The molecular formula is C15H23N. The molecule has 0 unspecified atom stereocenters. The van der Waals surface area contributed by atoms with Crippen LogP contribution in [0.2, 0.25) is 0 Å². The van der Waals surface area contributed by atoms with Crippen LogP contribution in [0.4, 0.5) is 0 Å². The van der Waals surface area contributed by atoms with E-state index in [0.29, 0.717) is 0 Å². The molecule has 0 amide bonds. The van der Waals surface area contributed by atoms with E-state index in [0.717, 1.165) is 6.04 Å². The summed E-state index contributed by atoms with van der Waals surface area (Å²) in [5.41, 5.74) is 4.88. The van der Waals surface area contributed by atoms with Crippen LogP contribution in [0.3, 0.4) is 0 Å². The highest BCUT2D eigenvalue weighted by molar-refractivity contribution is 5.30. The van der Waals surface area contributed by atoms with Gasteiger partial charge in [0.05, 0.1) is 0 Å². The largest absolute Gasteiger partial charge is 0.346 e. The minimum atomic E-state index is 0.829. The van der Waals surface area contributed by atoms with Crippen LogP contribution in [-0.4, -0.2) is 4.57 Å². The highest BCUT2D eigenvalue weighted by Crippen LogP contribution is 2.34. The summed E-state index contributed by atoms with van der Waals surface area (Å²) in [5, 5.41) is 0. The lowest BCUT2D eigenvalue weighted by atomic mass is 9.93. The van der Waals surface area contributed by atoms with Crippen molar-refractivity contribution in [3.8, 4) is 0 Å². The maximum atomic E-state index is 2.70. The topological polar surface area (TPSA) is 4.93 Å². The number of rotatable bonds is 1. The third-order valence-electron chi connectivity index (χ3n) is 4.47. The molecule has 0 N–H and O–H groups in total. The Labute approximate surface area is 98.9 Å². The van der Waals surface area contributed by atoms with E-state index in [1.807, 2.05) is 0 Å². The molecule has 3 rings (SSSR count). The third kappa shape index (κ3) is 1.70. The highest BCUT2D eigenvalue weighted by Gasteiger charge is 2.22. The van der Waals surface area contributed by atoms with Crippen LogP contribution in [-0.2, 0) is 12.8 Å². The smallest absolute Gasteiger partial charge is 0.0335 e. The van der Waals surface area contributed by atoms with Crippen molar-refractivity contribution < 1.29 is 0 Å². The Kier molecular flexibility index (Phi) is 2.79. The Balaban J connectivity index is 1.95. The molecular weight excluding hydrogens is 194 g/mol. The summed E-state index contributed by atoms with van der Waals surface area (Å²) in [6, 6.07) is 3.29. The minimum absolute atomic E-state index is 0.829. The number of hydrogen-bond donors (Lipinski definition) is 0. The Morgan fingerprint density at radius 1 is 1.00 bits per heavy atom. The van der Waals surface area contributed by atoms with Crippen LogP contribution in [0.1, 0.15) is 67.9 Å². The fraction of sp³-hybridized carbons (Fsp3) is 0.733. The van der Waals surface area contributed by atoms with Gasteiger partial charge in [-0.2, -0.15) is 0 Å². The van der Waals surface area contributed by atoms with Crippen molar-refractivity contribution in [1.29, 1.82) is 0 Å². The Hall–Kier alpha value is -0.720. The Morgan fingerprint density at radius 3 is 2.56 bits per heavy atom. The zero-order valence-electron chi connectivity index (χ0n) is 10.5. The molecule has 0 radical (unpaired) electrons. The Morgan fingerprint density at radius 2 is 1.75 bits per heavy atom. The molecule has 1 heterocycles. The lowest BCUT2D eigenvalue weighted by Crippen LogP contribution is -2.18. The van der Waals surface area contributed by atoms with E-state index >= 15 is 0 Å². The zero-order valence-corrected chi connectivity index (χ0v) is 10.5. The highest BCUT2D eigenvalue weighted by atomic mass is 15.0. The predicted octanol–water partition coefficient (Wildman–Crippen LogP) is 4.18. The van der Waals surface area contributed by atoms with Crippen LogP contribution in [0, 0.1) is 6.92 Å². The molecule has 0 saturated heterocycles. The average Bonchev–Trinajstić information content (AvgIpc) is 2.66. The molecule has 0 aliphatic heterocycles. The van der Waals surface area contributed by atoms with Crippen molar-refractivity contribution in [2.24, 2.45) is 0 Å². The second-order valence-corrected chi connectivity index (χ2v) is 5.63. The molecule has 0 aromatic carbocycles. The van der Waals surface area contributed by atoms with Gasteiger partial charge in [-0.15, -0.1) is 0 Å². The third-order valence-corrected chi connectivity index (χ3v) is 4.47. The number of hydrogen-bond acceptors (Lipinski definition) is 0. The first-order valence-electron chi connectivity index (χ1n) is 7.06. The lowest BCUT2D eigenvalue weighted by molar-refractivity contribution is 0.340. The quantitative estimate of drug-likeness (QED) is 0.665. The summed E-state index contributed by atoms with van der Waals surface area (Å²) in [7, 11) is 0. The van der Waals surface area contributed by atoms with Crippen molar-refractivity contribution in [2.75, 3.05) is 0 Å². The molecule has 1 nitrogen and oxygen atoms in total. The molecule has 0 spiro atoms. The summed E-state index contributed by atoms with van der Waals surface area (Å²) in [5.74, 6) is 0. The van der Waals surface area contributed by atoms with E-state index < -0.39 is 0 Å². The summed E-state index contributed by atoms with van der Waals surface area (Å²) in [6.45, 7) is 2.31. The molecule has 16 heavy (non-hydrogen) atoms. The Bertz CT molecular complexity index is 369. The van der Waals surface area contributed by atoms with Crippen LogP contribution in [0.25, 0.3) is 0 Å². The monoisotopic (exact) mass is 217 g/mol. The summed E-state index contributed by atoms with van der Waals surface area (Å²) in [4.78, 5) is 0. The molecule has 0 atom stereocenters. The molecule has 1 heteroatoms. The molecule has 1 aromatic rings. The molecule has 1 aromatic heterocycles. The van der Waals surface area contributed by atoms with Gasteiger partial charge in [0.2, 0.25) is 0 Å². The van der Waals surface area contributed by atoms with E-state index in [2.05, 4.69) is 17.6 Å². The second kappa shape index (κ2) is 4.27. The van der Waals surface area contributed by atoms with Crippen molar-refractivity contribution >= 4 is 0 Å². The van der Waals surface area contributed by atoms with Gasteiger partial charge in [0.15, 0.2) is 0 Å². The zero-order chi connectivity index (χ0) is 11.0. The summed E-state index contributed by atoms with van der Waals surface area (Å²) >= 11 is 0. The van der Waals surface area contributed by atoms with E-state index in [-0.39, 0.29) is 0 Å². The van der Waals surface area contributed by atoms with Crippen molar-refractivity contribution in [2.45, 2.75) is 70.8 Å². The number of nitrogens with zero attached hydrogens (tertiary/aromatic N) is 1. The number of fused-ring (bicyclic) bond motifs is 1. The van der Waals surface area contributed by atoms with E-state index in [9.17, 15) is 0 Å². The fourth-order valence-corrected chi connectivity index (χ4v) is 3.73. The molecule has 88 valence electrons. The van der Waals surface area contributed by atoms with Gasteiger partial charge in [0.1, 0.15) is 0 Å². The maximum absolute atomic E-state index is 2.70. The number of aryl methyl sites for hydroxylation is 2. The maximum Gasteiger partial charge on any atom is 0.0335 e. The molecule has 1 saturated carbocycles. The predicted molar refractivity (Wildman–Crippen MR) is 67.9 cm³/mol. The molecule has 1 fully saturated rings. The summed E-state index contributed by atoms with van der Waals surface area (Å²) in [6.07, 6.45) is 12.6. The first-order chi connectivity index (χ1) is 7.86. The van der Waals surface area contributed by atoms with Crippen LogP contribution in [0.15, 0.2) is 6.07 Å². The van der Waals surface area contributed by atoms with Crippen LogP contribution in [0.5, 0.6) is 0 Å². The average molecular weight is 217 g/mol. The van der Waals surface area contributed by atoms with Gasteiger partial charge < -0.3 is 4.57 Å². The fourth-order valence-electron chi connectivity index (χ4n) is 3.73. The molecule has 0 bridgehead atoms. The molecule has 2 aliphatic rings. The van der Waals surface area contributed by atoms with Gasteiger partial charge in [-0.05, 0) is 57.1 Å². The normalized spacial score (nSPS) is 22.1. The van der Waals surface area contributed by atoms with Crippen molar-refractivity contribution in [3.05, 3.63) is 23.0 Å². The van der Waals surface area contributed by atoms with Crippen LogP contribution < -0.4 is 0 Å². The van der Waals surface area contributed by atoms with Gasteiger partial charge >= 0.3 is 0 Å². The SMILES string of the molecule is Cc1cc2c(n1C1CCCCC1)CCCC2. The van der Waals surface area contributed by atoms with Crippen LogP contribution >= 0.6 is 0 Å². The van der Waals surface area contributed by atoms with Gasteiger partial charge in [-0.3, -0.25) is 0 Å².